The predicted molar refractivity (Wildman–Crippen MR) is 143 cm³/mol. The monoisotopic (exact) mass is 471 g/mol. The van der Waals surface area contributed by atoms with E-state index in [2.05, 4.69) is 43.4 Å². The second kappa shape index (κ2) is 10.2. The summed E-state index contributed by atoms with van der Waals surface area (Å²) in [7, 11) is 0. The average Bonchev–Trinajstić information content (AvgIpc) is 3.21. The van der Waals surface area contributed by atoms with Crippen LogP contribution in [0.1, 0.15) is 30.5 Å². The number of hydrogen-bond donors (Lipinski definition) is 1. The molecular formula is C29H29NO3S. The smallest absolute Gasteiger partial charge is 0.248 e. The molecule has 0 radical (unpaired) electrons. The van der Waals surface area contributed by atoms with Crippen LogP contribution in [-0.4, -0.2) is 18.8 Å². The number of anilines is 1. The van der Waals surface area contributed by atoms with Gasteiger partial charge in [0.1, 0.15) is 11.3 Å². The molecule has 0 spiro atoms. The third kappa shape index (κ3) is 4.90. The Bertz CT molecular complexity index is 1380. The maximum atomic E-state index is 12.9. The van der Waals surface area contributed by atoms with Crippen molar-refractivity contribution in [3.63, 3.8) is 0 Å². The number of ether oxygens (including phenoxy) is 1. The summed E-state index contributed by atoms with van der Waals surface area (Å²) in [4.78, 5) is 13.9. The first-order valence-electron chi connectivity index (χ1n) is 11.3. The fourth-order valence-corrected chi connectivity index (χ4v) is 4.71. The van der Waals surface area contributed by atoms with Gasteiger partial charge in [0.25, 0.3) is 0 Å². The Balaban J connectivity index is 1.75. The minimum atomic E-state index is -0.177. The Morgan fingerprint density at radius 1 is 1.09 bits per heavy atom. The Labute approximate surface area is 205 Å². The number of rotatable bonds is 7. The van der Waals surface area contributed by atoms with E-state index in [0.717, 1.165) is 43.8 Å². The van der Waals surface area contributed by atoms with Crippen molar-refractivity contribution in [3.8, 4) is 16.9 Å². The molecule has 5 heteroatoms. The van der Waals surface area contributed by atoms with Gasteiger partial charge in [-0.25, -0.2) is 0 Å². The van der Waals surface area contributed by atoms with Crippen molar-refractivity contribution in [1.82, 2.24) is 0 Å². The van der Waals surface area contributed by atoms with Gasteiger partial charge in [0, 0.05) is 33.6 Å². The van der Waals surface area contributed by atoms with E-state index in [0.29, 0.717) is 12.4 Å². The highest BCUT2D eigenvalue weighted by Crippen LogP contribution is 2.38. The molecule has 1 aromatic heterocycles. The number of nitrogens with one attached hydrogen (secondary N) is 1. The molecule has 0 aliphatic carbocycles. The normalized spacial score (nSPS) is 11.6. The van der Waals surface area contributed by atoms with Gasteiger partial charge >= 0.3 is 0 Å². The number of furan rings is 1. The largest absolute Gasteiger partial charge is 0.493 e. The molecule has 0 unspecified atom stereocenters. The van der Waals surface area contributed by atoms with Gasteiger partial charge in [0.05, 0.1) is 18.6 Å². The van der Waals surface area contributed by atoms with Gasteiger partial charge in [-0.1, -0.05) is 35.9 Å². The number of carbonyl (C=O) groups excluding carboxylic acids is 1. The maximum Gasteiger partial charge on any atom is 0.248 e. The van der Waals surface area contributed by atoms with Crippen LogP contribution in [0.4, 0.5) is 5.69 Å². The number of amides is 1. The van der Waals surface area contributed by atoms with Crippen molar-refractivity contribution < 1.29 is 13.9 Å². The number of para-hydroxylation sites is 1. The van der Waals surface area contributed by atoms with Crippen LogP contribution in [0.25, 0.3) is 27.7 Å². The van der Waals surface area contributed by atoms with Crippen LogP contribution in [0.3, 0.4) is 0 Å². The van der Waals surface area contributed by atoms with Gasteiger partial charge in [-0.3, -0.25) is 4.79 Å². The van der Waals surface area contributed by atoms with Gasteiger partial charge in [0.2, 0.25) is 5.91 Å². The van der Waals surface area contributed by atoms with E-state index in [4.69, 9.17) is 9.15 Å². The van der Waals surface area contributed by atoms with Crippen molar-refractivity contribution in [1.29, 1.82) is 0 Å². The summed E-state index contributed by atoms with van der Waals surface area (Å²) in [6, 6.07) is 18.2. The topological polar surface area (TPSA) is 51.5 Å². The summed E-state index contributed by atoms with van der Waals surface area (Å²) < 4.78 is 11.8. The van der Waals surface area contributed by atoms with E-state index in [1.807, 2.05) is 50.4 Å². The molecule has 3 aromatic carbocycles. The lowest BCUT2D eigenvalue weighted by Gasteiger charge is -2.13. The van der Waals surface area contributed by atoms with E-state index in [9.17, 15) is 4.79 Å². The number of thioether (sulfide) groups is 1. The van der Waals surface area contributed by atoms with Crippen LogP contribution < -0.4 is 10.1 Å². The van der Waals surface area contributed by atoms with Gasteiger partial charge < -0.3 is 14.5 Å². The van der Waals surface area contributed by atoms with Crippen molar-refractivity contribution in [2.24, 2.45) is 0 Å². The van der Waals surface area contributed by atoms with E-state index >= 15 is 0 Å². The molecule has 1 N–H and O–H groups in total. The molecule has 0 fully saturated rings. The minimum Gasteiger partial charge on any atom is -0.493 e. The number of fused-ring (bicyclic) bond motifs is 1. The molecular weight excluding hydrogens is 442 g/mol. The van der Waals surface area contributed by atoms with E-state index in [-0.39, 0.29) is 5.91 Å². The second-order valence-electron chi connectivity index (χ2n) is 8.26. The second-order valence-corrected chi connectivity index (χ2v) is 9.11. The number of hydrogen-bond acceptors (Lipinski definition) is 4. The fraction of sp³-hybridized carbons (Fsp3) is 0.207. The third-order valence-electron chi connectivity index (χ3n) is 5.78. The zero-order valence-electron chi connectivity index (χ0n) is 20.2. The molecule has 4 aromatic rings. The predicted octanol–water partition coefficient (Wildman–Crippen LogP) is 7.88. The molecule has 0 saturated carbocycles. The molecule has 0 aliphatic rings. The first kappa shape index (κ1) is 23.7. The van der Waals surface area contributed by atoms with Crippen LogP contribution in [0, 0.1) is 13.8 Å². The number of benzene rings is 3. The molecule has 174 valence electrons. The molecule has 0 saturated heterocycles. The number of carbonyl (C=O) groups is 1. The first-order chi connectivity index (χ1) is 16.4. The van der Waals surface area contributed by atoms with Crippen LogP contribution in [0.2, 0.25) is 0 Å². The zero-order chi connectivity index (χ0) is 24.2. The molecule has 0 bridgehead atoms. The standard InChI is InChI=1S/C29H29NO3S/c1-6-32-26-16-27-23(24(17-33-27)21-12-11-18(2)13-19(21)3)15-22(26)20(4)14-29(31)30-25-9-7-8-10-28(25)34-5/h7-17H,6H2,1-5H3,(H,30,31)/b20-14+. The van der Waals surface area contributed by atoms with Gasteiger partial charge in [-0.05, 0) is 68.8 Å². The summed E-state index contributed by atoms with van der Waals surface area (Å²) in [5.41, 5.74) is 7.83. The van der Waals surface area contributed by atoms with Crippen molar-refractivity contribution in [2.75, 3.05) is 18.2 Å². The van der Waals surface area contributed by atoms with E-state index in [1.54, 1.807) is 24.1 Å². The minimum absolute atomic E-state index is 0.177. The zero-order valence-corrected chi connectivity index (χ0v) is 21.0. The van der Waals surface area contributed by atoms with Crippen LogP contribution in [0.15, 0.2) is 76.2 Å². The summed E-state index contributed by atoms with van der Waals surface area (Å²) in [6.45, 7) is 8.60. The molecule has 0 atom stereocenters. The number of allylic oxidation sites excluding steroid dienone is 1. The molecule has 34 heavy (non-hydrogen) atoms. The number of aryl methyl sites for hydroxylation is 2. The lowest BCUT2D eigenvalue weighted by molar-refractivity contribution is -0.111. The Morgan fingerprint density at radius 2 is 1.88 bits per heavy atom. The van der Waals surface area contributed by atoms with Gasteiger partial charge in [-0.15, -0.1) is 11.8 Å². The molecule has 1 amide bonds. The highest BCUT2D eigenvalue weighted by molar-refractivity contribution is 7.98. The Hall–Kier alpha value is -3.44. The van der Waals surface area contributed by atoms with Crippen LogP contribution in [0.5, 0.6) is 5.75 Å². The van der Waals surface area contributed by atoms with Crippen molar-refractivity contribution >= 4 is 39.9 Å². The highest BCUT2D eigenvalue weighted by Gasteiger charge is 2.16. The maximum absolute atomic E-state index is 12.9. The Kier molecular flexibility index (Phi) is 7.13. The molecule has 0 aliphatic heterocycles. The fourth-order valence-electron chi connectivity index (χ4n) is 4.15. The van der Waals surface area contributed by atoms with E-state index < -0.39 is 0 Å². The van der Waals surface area contributed by atoms with Crippen molar-refractivity contribution in [3.05, 3.63) is 83.6 Å². The highest BCUT2D eigenvalue weighted by atomic mass is 32.2. The SMILES string of the molecule is CCOc1cc2occ(-c3ccc(C)cc3C)c2cc1/C(C)=C/C(=O)Nc1ccccc1SC. The lowest BCUT2D eigenvalue weighted by atomic mass is 9.96. The molecule has 1 heterocycles. The van der Waals surface area contributed by atoms with Gasteiger partial charge in [0.15, 0.2) is 0 Å². The summed E-state index contributed by atoms with van der Waals surface area (Å²) in [5.74, 6) is 0.519. The summed E-state index contributed by atoms with van der Waals surface area (Å²) in [5, 5.41) is 3.99. The van der Waals surface area contributed by atoms with E-state index in [1.165, 1.54) is 11.1 Å². The summed E-state index contributed by atoms with van der Waals surface area (Å²) >= 11 is 1.60. The quantitative estimate of drug-likeness (QED) is 0.220. The first-order valence-corrected chi connectivity index (χ1v) is 12.5. The van der Waals surface area contributed by atoms with Crippen LogP contribution >= 0.6 is 11.8 Å². The third-order valence-corrected chi connectivity index (χ3v) is 6.58. The summed E-state index contributed by atoms with van der Waals surface area (Å²) in [6.07, 6.45) is 5.42. The van der Waals surface area contributed by atoms with Gasteiger partial charge in [-0.2, -0.15) is 0 Å². The average molecular weight is 472 g/mol. The van der Waals surface area contributed by atoms with Crippen LogP contribution in [-0.2, 0) is 4.79 Å². The molecule has 4 nitrogen and oxygen atoms in total. The Morgan fingerprint density at radius 3 is 2.62 bits per heavy atom. The van der Waals surface area contributed by atoms with Crippen molar-refractivity contribution in [2.45, 2.75) is 32.6 Å². The molecule has 4 rings (SSSR count). The lowest BCUT2D eigenvalue weighted by Crippen LogP contribution is -2.09.